The molecule has 0 radical (unpaired) electrons. The number of ether oxygens (including phenoxy) is 2. The average Bonchev–Trinajstić information content (AvgIpc) is 2.67. The minimum Gasteiger partial charge on any atom is -0.458 e. The molecule has 0 aromatic carbocycles. The van der Waals surface area contributed by atoms with E-state index in [-0.39, 0.29) is 0 Å². The van der Waals surface area contributed by atoms with Crippen molar-refractivity contribution in [1.29, 1.82) is 0 Å². The fourth-order valence-corrected chi connectivity index (χ4v) is 3.41. The lowest BCUT2D eigenvalue weighted by atomic mass is 9.79. The lowest BCUT2D eigenvalue weighted by Crippen LogP contribution is -2.65. The predicted octanol–water partition coefficient (Wildman–Crippen LogP) is 3.97. The molecule has 0 heterocycles. The molecule has 2 saturated carbocycles. The number of carbonyl (C=O) groups is 1. The normalized spacial score (nSPS) is 47.7. The molecule has 2 fully saturated rings. The Morgan fingerprint density at radius 3 is 1.50 bits per heavy atom. The van der Waals surface area contributed by atoms with E-state index in [1.54, 1.807) is 0 Å². The van der Waals surface area contributed by atoms with E-state index in [9.17, 15) is 53.1 Å². The van der Waals surface area contributed by atoms with E-state index in [1.165, 1.54) is 0 Å². The smallest absolute Gasteiger partial charge is 0.398 e. The van der Waals surface area contributed by atoms with Gasteiger partial charge in [-0.2, -0.15) is 13.2 Å². The van der Waals surface area contributed by atoms with E-state index in [0.717, 1.165) is 6.92 Å². The first-order valence-electron chi connectivity index (χ1n) is 8.78. The zero-order chi connectivity index (χ0) is 23.1. The summed E-state index contributed by atoms with van der Waals surface area (Å²) in [5.41, 5.74) is 0. The van der Waals surface area contributed by atoms with Gasteiger partial charge in [0.05, 0.1) is 0 Å². The predicted molar refractivity (Wildman–Crippen MR) is 77.5 cm³/mol. The maximum absolute atomic E-state index is 14.7. The van der Waals surface area contributed by atoms with Crippen LogP contribution < -0.4 is 0 Å². The molecule has 2 aliphatic rings. The number of hydrogen-bond donors (Lipinski definition) is 0. The summed E-state index contributed by atoms with van der Waals surface area (Å²) in [5.74, 6) is -4.91. The summed E-state index contributed by atoms with van der Waals surface area (Å²) in [6, 6.07) is 0. The Hall–Kier alpha value is -1.34. The molecule has 10 atom stereocenters. The molecular weight excluding hydrogens is 449 g/mol. The van der Waals surface area contributed by atoms with Crippen molar-refractivity contribution >= 4 is 5.97 Å². The van der Waals surface area contributed by atoms with Gasteiger partial charge in [-0.05, 0) is 0 Å². The highest BCUT2D eigenvalue weighted by Gasteiger charge is 2.65. The summed E-state index contributed by atoms with van der Waals surface area (Å²) in [6.07, 6.45) is -42.1. The zero-order valence-corrected chi connectivity index (χ0v) is 15.0. The highest BCUT2D eigenvalue weighted by Crippen LogP contribution is 2.45. The second kappa shape index (κ2) is 9.03. The van der Waals surface area contributed by atoms with Crippen LogP contribution in [0.4, 0.5) is 48.3 Å². The van der Waals surface area contributed by atoms with Gasteiger partial charge in [-0.3, -0.25) is 4.79 Å². The Labute approximate surface area is 162 Å². The third-order valence-electron chi connectivity index (χ3n) is 5.04. The third kappa shape index (κ3) is 4.47. The number of esters is 1. The van der Waals surface area contributed by atoms with Crippen molar-refractivity contribution in [3.63, 3.8) is 0 Å². The Balaban J connectivity index is 2.34. The molecule has 0 bridgehead atoms. The van der Waals surface area contributed by atoms with Crippen molar-refractivity contribution in [3.8, 4) is 0 Å². The van der Waals surface area contributed by atoms with Crippen LogP contribution in [0.5, 0.6) is 0 Å². The molecule has 0 amide bonds. The minimum atomic E-state index is -5.59. The van der Waals surface area contributed by atoms with Crippen LogP contribution in [0.3, 0.4) is 0 Å². The SMILES string of the molecule is CCC(=O)OC1C(F)C(OC2C(F)C(F)C(F)C(F)C2F)C(F)C(F)C1C(F)(F)F. The van der Waals surface area contributed by atoms with Crippen molar-refractivity contribution < 1.29 is 62.6 Å². The van der Waals surface area contributed by atoms with E-state index < -0.39 is 92.2 Å². The van der Waals surface area contributed by atoms with Gasteiger partial charge in [0.15, 0.2) is 43.2 Å². The number of hydrogen-bond acceptors (Lipinski definition) is 3. The van der Waals surface area contributed by atoms with Crippen LogP contribution in [-0.4, -0.2) is 79.8 Å². The van der Waals surface area contributed by atoms with E-state index in [2.05, 4.69) is 9.47 Å². The quantitative estimate of drug-likeness (QED) is 0.465. The van der Waals surface area contributed by atoms with Gasteiger partial charge < -0.3 is 9.47 Å². The molecule has 14 heteroatoms. The Kier molecular flexibility index (Phi) is 7.50. The standard InChI is InChI=1S/C16H17F11O3/c1-2-3(28)29-13-4(16(25,26)27)5(17)9(21)15(12(13)24)30-14-10(22)7(19)6(18)8(20)11(14)23/h4-15H,2H2,1H3. The van der Waals surface area contributed by atoms with Crippen molar-refractivity contribution in [2.45, 2.75) is 87.2 Å². The van der Waals surface area contributed by atoms with Gasteiger partial charge in [-0.15, -0.1) is 0 Å². The first-order valence-corrected chi connectivity index (χ1v) is 8.78. The highest BCUT2D eigenvalue weighted by atomic mass is 19.4. The second-order valence-corrected chi connectivity index (χ2v) is 7.00. The molecule has 2 aliphatic carbocycles. The second-order valence-electron chi connectivity index (χ2n) is 7.00. The number of alkyl halides is 11. The lowest BCUT2D eigenvalue weighted by molar-refractivity contribution is -0.279. The topological polar surface area (TPSA) is 35.5 Å². The fourth-order valence-electron chi connectivity index (χ4n) is 3.41. The molecular formula is C16H17F11O3. The molecule has 10 unspecified atom stereocenters. The summed E-state index contributed by atoms with van der Waals surface area (Å²) in [4.78, 5) is 11.3. The van der Waals surface area contributed by atoms with Crippen LogP contribution in [0.15, 0.2) is 0 Å². The van der Waals surface area contributed by atoms with Crippen LogP contribution in [0.25, 0.3) is 0 Å². The monoisotopic (exact) mass is 466 g/mol. The van der Waals surface area contributed by atoms with E-state index in [0.29, 0.717) is 0 Å². The molecule has 0 N–H and O–H groups in total. The van der Waals surface area contributed by atoms with Crippen LogP contribution in [0.2, 0.25) is 0 Å². The number of rotatable bonds is 4. The fraction of sp³-hybridized carbons (Fsp3) is 0.938. The average molecular weight is 466 g/mol. The highest BCUT2D eigenvalue weighted by molar-refractivity contribution is 5.69. The van der Waals surface area contributed by atoms with Gasteiger partial charge in [0.25, 0.3) is 0 Å². The van der Waals surface area contributed by atoms with Crippen LogP contribution in [-0.2, 0) is 14.3 Å². The van der Waals surface area contributed by atoms with Crippen molar-refractivity contribution in [1.82, 2.24) is 0 Å². The van der Waals surface area contributed by atoms with E-state index in [1.807, 2.05) is 0 Å². The Morgan fingerprint density at radius 2 is 1.07 bits per heavy atom. The lowest BCUT2D eigenvalue weighted by Gasteiger charge is -2.45. The van der Waals surface area contributed by atoms with Gasteiger partial charge in [0.2, 0.25) is 0 Å². The Bertz CT molecular complexity index is 589. The van der Waals surface area contributed by atoms with Crippen LogP contribution >= 0.6 is 0 Å². The minimum absolute atomic E-state index is 0.581. The molecule has 2 rings (SSSR count). The van der Waals surface area contributed by atoms with E-state index in [4.69, 9.17) is 0 Å². The van der Waals surface area contributed by atoms with Gasteiger partial charge in [0, 0.05) is 6.42 Å². The summed E-state index contributed by atoms with van der Waals surface area (Å²) in [6.45, 7) is 1.10. The molecule has 176 valence electrons. The van der Waals surface area contributed by atoms with Crippen LogP contribution in [0, 0.1) is 5.92 Å². The Morgan fingerprint density at radius 1 is 0.667 bits per heavy atom. The first-order chi connectivity index (χ1) is 13.7. The maximum atomic E-state index is 14.7. The molecule has 0 aliphatic heterocycles. The molecule has 3 nitrogen and oxygen atoms in total. The van der Waals surface area contributed by atoms with Gasteiger partial charge >= 0.3 is 12.1 Å². The van der Waals surface area contributed by atoms with Gasteiger partial charge in [-0.25, -0.2) is 35.1 Å². The molecule has 0 spiro atoms. The van der Waals surface area contributed by atoms with E-state index >= 15 is 0 Å². The first kappa shape index (κ1) is 24.9. The maximum Gasteiger partial charge on any atom is 0.398 e. The molecule has 30 heavy (non-hydrogen) atoms. The van der Waals surface area contributed by atoms with Crippen molar-refractivity contribution in [3.05, 3.63) is 0 Å². The van der Waals surface area contributed by atoms with Crippen molar-refractivity contribution in [2.75, 3.05) is 0 Å². The summed E-state index contributed by atoms with van der Waals surface area (Å²) >= 11 is 0. The van der Waals surface area contributed by atoms with Gasteiger partial charge in [0.1, 0.15) is 30.4 Å². The molecule has 0 aromatic rings. The zero-order valence-electron chi connectivity index (χ0n) is 15.0. The third-order valence-corrected chi connectivity index (χ3v) is 5.04. The summed E-state index contributed by atoms with van der Waals surface area (Å²) < 4.78 is 159. The van der Waals surface area contributed by atoms with Gasteiger partial charge in [-0.1, -0.05) is 6.92 Å². The van der Waals surface area contributed by atoms with Crippen LogP contribution in [0.1, 0.15) is 13.3 Å². The molecule has 0 aromatic heterocycles. The summed E-state index contributed by atoms with van der Waals surface area (Å²) in [7, 11) is 0. The van der Waals surface area contributed by atoms with Crippen molar-refractivity contribution in [2.24, 2.45) is 5.92 Å². The number of carbonyl (C=O) groups excluding carboxylic acids is 1. The number of halogens is 11. The summed E-state index contributed by atoms with van der Waals surface area (Å²) in [5, 5.41) is 0. The largest absolute Gasteiger partial charge is 0.458 e. The molecule has 0 saturated heterocycles.